The molecule has 2 fully saturated rings. The number of piperidine rings is 2. The lowest BCUT2D eigenvalue weighted by molar-refractivity contribution is -0.139. The summed E-state index contributed by atoms with van der Waals surface area (Å²) in [5.41, 5.74) is 2.26. The summed E-state index contributed by atoms with van der Waals surface area (Å²) >= 11 is 0. The van der Waals surface area contributed by atoms with Crippen LogP contribution in [0.1, 0.15) is 54.5 Å². The molecule has 0 bridgehead atoms. The van der Waals surface area contributed by atoms with Gasteiger partial charge in [-0.05, 0) is 39.2 Å². The molecule has 2 amide bonds. The van der Waals surface area contributed by atoms with Crippen LogP contribution < -0.4 is 0 Å². The van der Waals surface area contributed by atoms with E-state index in [1.807, 2.05) is 23.6 Å². The number of carbonyl (C=O) groups excluding carboxylic acids is 2. The predicted molar refractivity (Wildman–Crippen MR) is 107 cm³/mol. The molecule has 0 saturated carbocycles. The maximum atomic E-state index is 13.1. The average Bonchev–Trinajstić information content (AvgIpc) is 3.21. The summed E-state index contributed by atoms with van der Waals surface area (Å²) in [6, 6.07) is 1.79. The Morgan fingerprint density at radius 3 is 2.83 bits per heavy atom. The van der Waals surface area contributed by atoms with Crippen LogP contribution in [0.4, 0.5) is 0 Å². The third kappa shape index (κ3) is 4.02. The lowest BCUT2D eigenvalue weighted by Gasteiger charge is -2.48. The minimum absolute atomic E-state index is 0.0382. The van der Waals surface area contributed by atoms with Gasteiger partial charge in [0.05, 0.1) is 24.1 Å². The molecule has 0 aromatic carbocycles. The van der Waals surface area contributed by atoms with E-state index in [4.69, 9.17) is 0 Å². The van der Waals surface area contributed by atoms with Crippen molar-refractivity contribution in [3.63, 3.8) is 0 Å². The molecule has 0 aliphatic carbocycles. The molecule has 8 heteroatoms. The molecule has 2 aliphatic heterocycles. The van der Waals surface area contributed by atoms with Gasteiger partial charge in [0.2, 0.25) is 5.91 Å². The van der Waals surface area contributed by atoms with E-state index in [1.54, 1.807) is 29.3 Å². The van der Waals surface area contributed by atoms with E-state index in [-0.39, 0.29) is 17.2 Å². The van der Waals surface area contributed by atoms with E-state index in [1.165, 1.54) is 0 Å². The van der Waals surface area contributed by atoms with Crippen molar-refractivity contribution in [2.45, 2.75) is 52.6 Å². The van der Waals surface area contributed by atoms with Crippen molar-refractivity contribution in [1.82, 2.24) is 29.5 Å². The largest absolute Gasteiger partial charge is 0.337 e. The minimum Gasteiger partial charge on any atom is -0.337 e. The molecule has 0 unspecified atom stereocenters. The fraction of sp³-hybridized carbons (Fsp3) is 0.571. The van der Waals surface area contributed by atoms with E-state index < -0.39 is 0 Å². The normalized spacial score (nSPS) is 22.3. The molecule has 2 saturated heterocycles. The Labute approximate surface area is 170 Å². The fourth-order valence-corrected chi connectivity index (χ4v) is 4.59. The molecular formula is C21H28N6O2. The van der Waals surface area contributed by atoms with Gasteiger partial charge in [0, 0.05) is 50.4 Å². The standard InChI is InChI=1S/C21H28N6O2/c1-3-27-18(6-9-24-27)20(29)25-10-4-7-21(14-25)8-5-19(28)26(15-21)13-17-12-22-16(2)11-23-17/h6,9,11-12H,3-5,7-8,10,13-15H2,1-2H3/t21-/m1/s1. The lowest BCUT2D eigenvalue weighted by Crippen LogP contribution is -2.55. The Hall–Kier alpha value is -2.77. The van der Waals surface area contributed by atoms with Crippen molar-refractivity contribution in [1.29, 1.82) is 0 Å². The van der Waals surface area contributed by atoms with Gasteiger partial charge < -0.3 is 9.80 Å². The summed E-state index contributed by atoms with van der Waals surface area (Å²) in [6.07, 6.45) is 8.50. The van der Waals surface area contributed by atoms with E-state index in [2.05, 4.69) is 15.1 Å². The summed E-state index contributed by atoms with van der Waals surface area (Å²) in [5, 5.41) is 4.23. The number of hydrogen-bond donors (Lipinski definition) is 0. The number of carbonyl (C=O) groups is 2. The monoisotopic (exact) mass is 396 g/mol. The van der Waals surface area contributed by atoms with Gasteiger partial charge in [-0.1, -0.05) is 0 Å². The third-order valence-electron chi connectivity index (χ3n) is 6.12. The molecule has 4 heterocycles. The first-order chi connectivity index (χ1) is 14.0. The maximum Gasteiger partial charge on any atom is 0.272 e. The third-order valence-corrected chi connectivity index (χ3v) is 6.12. The van der Waals surface area contributed by atoms with Gasteiger partial charge in [0.15, 0.2) is 0 Å². The smallest absolute Gasteiger partial charge is 0.272 e. The summed E-state index contributed by atoms with van der Waals surface area (Å²) in [7, 11) is 0. The van der Waals surface area contributed by atoms with Gasteiger partial charge in [-0.25, -0.2) is 0 Å². The van der Waals surface area contributed by atoms with Crippen LogP contribution in [-0.4, -0.2) is 61.0 Å². The van der Waals surface area contributed by atoms with Crippen LogP contribution >= 0.6 is 0 Å². The minimum atomic E-state index is -0.0446. The van der Waals surface area contributed by atoms with Crippen LogP contribution in [0.25, 0.3) is 0 Å². The highest BCUT2D eigenvalue weighted by Crippen LogP contribution is 2.39. The van der Waals surface area contributed by atoms with E-state index in [0.717, 1.165) is 37.2 Å². The van der Waals surface area contributed by atoms with Crippen molar-refractivity contribution < 1.29 is 9.59 Å². The first kappa shape index (κ1) is 19.5. The Kier molecular flexibility index (Phi) is 5.34. The maximum absolute atomic E-state index is 13.1. The molecule has 4 rings (SSSR count). The zero-order valence-corrected chi connectivity index (χ0v) is 17.2. The number of amides is 2. The van der Waals surface area contributed by atoms with Crippen molar-refractivity contribution in [3.05, 3.63) is 41.7 Å². The highest BCUT2D eigenvalue weighted by atomic mass is 16.2. The first-order valence-corrected chi connectivity index (χ1v) is 10.4. The molecule has 2 aliphatic rings. The Bertz CT molecular complexity index is 893. The Balaban J connectivity index is 1.48. The van der Waals surface area contributed by atoms with Crippen LogP contribution in [-0.2, 0) is 17.9 Å². The summed E-state index contributed by atoms with van der Waals surface area (Å²) in [5.74, 6) is 0.196. The van der Waals surface area contributed by atoms with Crippen LogP contribution in [0.3, 0.4) is 0 Å². The van der Waals surface area contributed by atoms with Gasteiger partial charge in [0.1, 0.15) is 5.69 Å². The van der Waals surface area contributed by atoms with Crippen LogP contribution in [0.15, 0.2) is 24.7 Å². The second-order valence-corrected chi connectivity index (χ2v) is 8.26. The Morgan fingerprint density at radius 2 is 2.07 bits per heavy atom. The average molecular weight is 396 g/mol. The number of aromatic nitrogens is 4. The molecule has 8 nitrogen and oxygen atoms in total. The Morgan fingerprint density at radius 1 is 1.21 bits per heavy atom. The van der Waals surface area contributed by atoms with E-state index >= 15 is 0 Å². The fourth-order valence-electron chi connectivity index (χ4n) is 4.59. The van der Waals surface area contributed by atoms with Crippen LogP contribution in [0, 0.1) is 12.3 Å². The molecular weight excluding hydrogens is 368 g/mol. The molecule has 1 atom stereocenters. The van der Waals surface area contributed by atoms with E-state index in [0.29, 0.717) is 38.3 Å². The molecule has 0 radical (unpaired) electrons. The second-order valence-electron chi connectivity index (χ2n) is 8.26. The van der Waals surface area contributed by atoms with Crippen molar-refractivity contribution in [2.24, 2.45) is 5.41 Å². The highest BCUT2D eigenvalue weighted by Gasteiger charge is 2.43. The number of likely N-dealkylation sites (tertiary alicyclic amines) is 2. The molecule has 154 valence electrons. The molecule has 2 aromatic rings. The lowest BCUT2D eigenvalue weighted by atomic mass is 9.73. The van der Waals surface area contributed by atoms with Crippen molar-refractivity contribution in [3.8, 4) is 0 Å². The summed E-state index contributed by atoms with van der Waals surface area (Å²) in [6.45, 7) is 7.14. The van der Waals surface area contributed by atoms with Gasteiger partial charge in [-0.15, -0.1) is 0 Å². The second kappa shape index (κ2) is 7.93. The SMILES string of the molecule is CCn1nccc1C(=O)N1CCC[C@@]2(CCC(=O)N(Cc3cnc(C)cn3)C2)C1. The molecule has 2 aromatic heterocycles. The quantitative estimate of drug-likeness (QED) is 0.790. The summed E-state index contributed by atoms with van der Waals surface area (Å²) < 4.78 is 1.75. The predicted octanol–water partition coefficient (Wildman–Crippen LogP) is 2.05. The molecule has 1 spiro atoms. The van der Waals surface area contributed by atoms with E-state index in [9.17, 15) is 9.59 Å². The van der Waals surface area contributed by atoms with Gasteiger partial charge in [0.25, 0.3) is 5.91 Å². The molecule has 29 heavy (non-hydrogen) atoms. The van der Waals surface area contributed by atoms with Crippen molar-refractivity contribution >= 4 is 11.8 Å². The number of aryl methyl sites for hydroxylation is 2. The number of rotatable bonds is 4. The number of hydrogen-bond acceptors (Lipinski definition) is 5. The van der Waals surface area contributed by atoms with Gasteiger partial charge in [-0.2, -0.15) is 5.10 Å². The molecule has 0 N–H and O–H groups in total. The van der Waals surface area contributed by atoms with Gasteiger partial charge in [-0.3, -0.25) is 24.2 Å². The number of nitrogens with zero attached hydrogens (tertiary/aromatic N) is 6. The summed E-state index contributed by atoms with van der Waals surface area (Å²) in [4.78, 5) is 38.2. The first-order valence-electron chi connectivity index (χ1n) is 10.4. The van der Waals surface area contributed by atoms with Crippen LogP contribution in [0.2, 0.25) is 0 Å². The zero-order chi connectivity index (χ0) is 20.4. The van der Waals surface area contributed by atoms with Crippen LogP contribution in [0.5, 0.6) is 0 Å². The van der Waals surface area contributed by atoms with Crippen molar-refractivity contribution in [2.75, 3.05) is 19.6 Å². The zero-order valence-electron chi connectivity index (χ0n) is 17.2. The highest BCUT2D eigenvalue weighted by molar-refractivity contribution is 5.92. The topological polar surface area (TPSA) is 84.2 Å². The van der Waals surface area contributed by atoms with Gasteiger partial charge >= 0.3 is 0 Å².